The summed E-state index contributed by atoms with van der Waals surface area (Å²) in [6, 6.07) is 11.2. The Balaban J connectivity index is 0.00000306. The number of carbonyl (C=O) groups excluding carboxylic acids is 1. The predicted octanol–water partition coefficient (Wildman–Crippen LogP) is 4.65. The molecule has 1 N–H and O–H groups in total. The molecule has 1 aromatic carbocycles. The first kappa shape index (κ1) is 24.1. The lowest BCUT2D eigenvalue weighted by Crippen LogP contribution is -2.13. The van der Waals surface area contributed by atoms with Crippen molar-refractivity contribution in [3.63, 3.8) is 0 Å². The molecule has 170 valence electrons. The van der Waals surface area contributed by atoms with E-state index in [2.05, 4.69) is 25.3 Å². The number of pyridine rings is 2. The van der Waals surface area contributed by atoms with Crippen LogP contribution in [0.2, 0.25) is 0 Å². The van der Waals surface area contributed by atoms with E-state index in [1.165, 1.54) is 13.4 Å². The Morgan fingerprint density at radius 1 is 1.12 bits per heavy atom. The minimum atomic E-state index is -0.725. The summed E-state index contributed by atoms with van der Waals surface area (Å²) in [5.41, 5.74) is 3.97. The van der Waals surface area contributed by atoms with Gasteiger partial charge in [-0.05, 0) is 24.6 Å². The number of para-hydroxylation sites is 1. The van der Waals surface area contributed by atoms with Gasteiger partial charge in [-0.15, -0.1) is 0 Å². The van der Waals surface area contributed by atoms with Gasteiger partial charge < -0.3 is 10.1 Å². The molecule has 0 aliphatic carbocycles. The van der Waals surface area contributed by atoms with Gasteiger partial charge >= 0.3 is 5.97 Å². The molecule has 0 fully saturated rings. The van der Waals surface area contributed by atoms with Gasteiger partial charge in [0.1, 0.15) is 17.7 Å². The zero-order chi connectivity index (χ0) is 22.7. The minimum absolute atomic E-state index is 0. The van der Waals surface area contributed by atoms with E-state index in [1.54, 1.807) is 18.3 Å². The van der Waals surface area contributed by atoms with Gasteiger partial charge in [0.2, 0.25) is 0 Å². The standard InChI is InChI=1S/C24H22FN5O2.H2S/c1-14(10-27-21-9-20(29-13-30-21)16-8-7-15(2)26-11-16)17-5-4-6-18-22(24(31)32-3)19(25)12-28-23(17)18;/h4-9,11-14H,10H2,1-3H3,(H,27,29,30);1H2/t14-;/m1./s1. The molecule has 0 saturated carbocycles. The van der Waals surface area contributed by atoms with Crippen LogP contribution in [0.15, 0.2) is 55.1 Å². The number of benzene rings is 1. The largest absolute Gasteiger partial charge is 0.465 e. The van der Waals surface area contributed by atoms with E-state index in [1.807, 2.05) is 38.1 Å². The number of halogens is 1. The molecule has 0 unspecified atom stereocenters. The monoisotopic (exact) mass is 465 g/mol. The molecule has 1 atom stereocenters. The van der Waals surface area contributed by atoms with Gasteiger partial charge in [0, 0.05) is 41.4 Å². The number of hydrogen-bond donors (Lipinski definition) is 1. The van der Waals surface area contributed by atoms with Crippen LogP contribution in [0.5, 0.6) is 0 Å². The van der Waals surface area contributed by atoms with Crippen molar-refractivity contribution in [1.29, 1.82) is 0 Å². The second kappa shape index (κ2) is 10.4. The van der Waals surface area contributed by atoms with Gasteiger partial charge in [0.25, 0.3) is 0 Å². The van der Waals surface area contributed by atoms with Crippen LogP contribution in [0.25, 0.3) is 22.2 Å². The van der Waals surface area contributed by atoms with Crippen LogP contribution < -0.4 is 5.32 Å². The smallest absolute Gasteiger partial charge is 0.341 e. The first-order chi connectivity index (χ1) is 15.5. The minimum Gasteiger partial charge on any atom is -0.465 e. The normalized spacial score (nSPS) is 11.5. The van der Waals surface area contributed by atoms with Crippen molar-refractivity contribution in [3.05, 3.63) is 77.8 Å². The van der Waals surface area contributed by atoms with Gasteiger partial charge in [-0.3, -0.25) is 9.97 Å². The lowest BCUT2D eigenvalue weighted by atomic mass is 9.96. The number of methoxy groups -OCH3 is 1. The molecule has 9 heteroatoms. The second-order valence-corrected chi connectivity index (χ2v) is 7.47. The first-order valence-electron chi connectivity index (χ1n) is 10.1. The number of carbonyl (C=O) groups is 1. The predicted molar refractivity (Wildman–Crippen MR) is 130 cm³/mol. The van der Waals surface area contributed by atoms with Crippen molar-refractivity contribution in [1.82, 2.24) is 19.9 Å². The van der Waals surface area contributed by atoms with Crippen LogP contribution in [0, 0.1) is 12.7 Å². The summed E-state index contributed by atoms with van der Waals surface area (Å²) in [7, 11) is 1.23. The van der Waals surface area contributed by atoms with Gasteiger partial charge in [0.05, 0.1) is 24.5 Å². The molecule has 0 bridgehead atoms. The molecule has 7 nitrogen and oxygen atoms in total. The molecule has 0 spiro atoms. The van der Waals surface area contributed by atoms with Crippen molar-refractivity contribution in [2.24, 2.45) is 0 Å². The van der Waals surface area contributed by atoms with Crippen LogP contribution >= 0.6 is 13.5 Å². The highest BCUT2D eigenvalue weighted by atomic mass is 32.1. The molecular formula is C24H24FN5O2S. The summed E-state index contributed by atoms with van der Waals surface area (Å²) < 4.78 is 19.0. The molecule has 0 amide bonds. The number of nitrogens with one attached hydrogen (secondary N) is 1. The van der Waals surface area contributed by atoms with Crippen LogP contribution in [-0.2, 0) is 4.74 Å². The number of anilines is 1. The van der Waals surface area contributed by atoms with Gasteiger partial charge in [-0.1, -0.05) is 25.1 Å². The molecule has 4 rings (SSSR count). The lowest BCUT2D eigenvalue weighted by molar-refractivity contribution is 0.0598. The van der Waals surface area contributed by atoms with Crippen molar-refractivity contribution in [2.45, 2.75) is 19.8 Å². The van der Waals surface area contributed by atoms with Crippen molar-refractivity contribution >= 4 is 36.2 Å². The zero-order valence-electron chi connectivity index (χ0n) is 18.5. The fourth-order valence-electron chi connectivity index (χ4n) is 3.53. The Labute approximate surface area is 197 Å². The maximum absolute atomic E-state index is 14.3. The van der Waals surface area contributed by atoms with E-state index in [9.17, 15) is 9.18 Å². The Kier molecular flexibility index (Phi) is 7.55. The van der Waals surface area contributed by atoms with Crippen LogP contribution in [0.1, 0.15) is 34.5 Å². The summed E-state index contributed by atoms with van der Waals surface area (Å²) in [5, 5.41) is 3.75. The quantitative estimate of drug-likeness (QED) is 0.415. The fourth-order valence-corrected chi connectivity index (χ4v) is 3.53. The SMILES string of the molecule is COC(=O)c1c(F)cnc2c([C@H](C)CNc3cc(-c4ccc(C)nc4)ncn3)cccc12.S. The lowest BCUT2D eigenvalue weighted by Gasteiger charge is -2.16. The average Bonchev–Trinajstić information content (AvgIpc) is 2.82. The van der Waals surface area contributed by atoms with Crippen molar-refractivity contribution < 1.29 is 13.9 Å². The first-order valence-corrected chi connectivity index (χ1v) is 10.1. The summed E-state index contributed by atoms with van der Waals surface area (Å²) in [5.74, 6) is -0.748. The summed E-state index contributed by atoms with van der Waals surface area (Å²) in [6.45, 7) is 4.51. The molecule has 33 heavy (non-hydrogen) atoms. The Morgan fingerprint density at radius 3 is 2.67 bits per heavy atom. The molecule has 3 heterocycles. The van der Waals surface area contributed by atoms with Gasteiger partial charge in [-0.25, -0.2) is 19.2 Å². The van der Waals surface area contributed by atoms with Crippen LogP contribution in [0.4, 0.5) is 10.2 Å². The Hall–Kier alpha value is -3.59. The molecule has 0 radical (unpaired) electrons. The number of fused-ring (bicyclic) bond motifs is 1. The maximum atomic E-state index is 14.3. The van der Waals surface area contributed by atoms with E-state index < -0.39 is 11.8 Å². The molecule has 0 aliphatic heterocycles. The van der Waals surface area contributed by atoms with Crippen LogP contribution in [-0.4, -0.2) is 39.6 Å². The van der Waals surface area contributed by atoms with E-state index in [0.29, 0.717) is 23.3 Å². The second-order valence-electron chi connectivity index (χ2n) is 7.47. The van der Waals surface area contributed by atoms with E-state index in [-0.39, 0.29) is 25.0 Å². The summed E-state index contributed by atoms with van der Waals surface area (Å²) >= 11 is 0. The maximum Gasteiger partial charge on any atom is 0.341 e. The van der Waals surface area contributed by atoms with Crippen LogP contribution in [0.3, 0.4) is 0 Å². The number of rotatable bonds is 6. The van der Waals surface area contributed by atoms with Crippen molar-refractivity contribution in [3.8, 4) is 11.3 Å². The van der Waals surface area contributed by atoms with Gasteiger partial charge in [0.15, 0.2) is 5.82 Å². The van der Waals surface area contributed by atoms with E-state index >= 15 is 0 Å². The molecule has 0 aliphatic rings. The number of ether oxygens (including phenoxy) is 1. The highest BCUT2D eigenvalue weighted by Gasteiger charge is 2.20. The third kappa shape index (κ3) is 5.09. The highest BCUT2D eigenvalue weighted by Crippen LogP contribution is 2.28. The molecule has 4 aromatic rings. The number of hydrogen-bond acceptors (Lipinski definition) is 7. The highest BCUT2D eigenvalue weighted by molar-refractivity contribution is 7.59. The van der Waals surface area contributed by atoms with Crippen molar-refractivity contribution in [2.75, 3.05) is 19.0 Å². The third-order valence-corrected chi connectivity index (χ3v) is 5.27. The number of esters is 1. The number of aromatic nitrogens is 4. The number of nitrogens with zero attached hydrogens (tertiary/aromatic N) is 4. The zero-order valence-corrected chi connectivity index (χ0v) is 19.5. The molecule has 0 saturated heterocycles. The Bertz CT molecular complexity index is 1280. The fraction of sp³-hybridized carbons (Fsp3) is 0.208. The summed E-state index contributed by atoms with van der Waals surface area (Å²) in [4.78, 5) is 29.3. The van der Waals surface area contributed by atoms with E-state index in [0.717, 1.165) is 28.7 Å². The van der Waals surface area contributed by atoms with Gasteiger partial charge in [-0.2, -0.15) is 13.5 Å². The Morgan fingerprint density at radius 2 is 1.94 bits per heavy atom. The van der Waals surface area contributed by atoms with E-state index in [4.69, 9.17) is 4.74 Å². The average molecular weight is 466 g/mol. The molecule has 3 aromatic heterocycles. The number of aryl methyl sites for hydroxylation is 1. The third-order valence-electron chi connectivity index (χ3n) is 5.27. The topological polar surface area (TPSA) is 89.9 Å². The molecular weight excluding hydrogens is 441 g/mol. The summed E-state index contributed by atoms with van der Waals surface area (Å²) in [6.07, 6.45) is 4.35.